The van der Waals surface area contributed by atoms with Crippen molar-refractivity contribution in [1.82, 2.24) is 4.98 Å². The summed E-state index contributed by atoms with van der Waals surface area (Å²) in [5, 5.41) is 8.77. The highest BCUT2D eigenvalue weighted by Crippen LogP contribution is 2.29. The molecule has 0 atom stereocenters. The molecular weight excluding hydrogens is 206 g/mol. The highest BCUT2D eigenvalue weighted by Gasteiger charge is 2.22. The molecule has 16 heavy (non-hydrogen) atoms. The van der Waals surface area contributed by atoms with E-state index in [1.54, 1.807) is 0 Å². The molecule has 1 aromatic heterocycles. The van der Waals surface area contributed by atoms with E-state index in [1.807, 2.05) is 6.92 Å². The minimum atomic E-state index is 0.189. The van der Waals surface area contributed by atoms with E-state index in [1.165, 1.54) is 0 Å². The zero-order chi connectivity index (χ0) is 11.4. The molecule has 0 aliphatic carbocycles. The van der Waals surface area contributed by atoms with Gasteiger partial charge in [0.25, 0.3) is 0 Å². The van der Waals surface area contributed by atoms with Crippen LogP contribution in [0.2, 0.25) is 0 Å². The Balaban J connectivity index is 2.04. The van der Waals surface area contributed by atoms with Gasteiger partial charge in [0.15, 0.2) is 5.89 Å². The maximum absolute atomic E-state index is 8.77. The SMILES string of the molecule is Cc1oc(CCCO)nc1C1CCOCC1. The molecule has 1 fully saturated rings. The average Bonchev–Trinajstić information content (AvgIpc) is 2.69. The number of aromatic nitrogens is 1. The lowest BCUT2D eigenvalue weighted by molar-refractivity contribution is 0.0843. The molecule has 2 rings (SSSR count). The van der Waals surface area contributed by atoms with Gasteiger partial charge in [-0.3, -0.25) is 0 Å². The summed E-state index contributed by atoms with van der Waals surface area (Å²) in [6.07, 6.45) is 3.51. The van der Waals surface area contributed by atoms with Gasteiger partial charge in [0, 0.05) is 32.2 Å². The zero-order valence-corrected chi connectivity index (χ0v) is 9.74. The molecule has 1 saturated heterocycles. The van der Waals surface area contributed by atoms with Crippen LogP contribution in [0.1, 0.15) is 42.5 Å². The predicted molar refractivity (Wildman–Crippen MR) is 59.4 cm³/mol. The van der Waals surface area contributed by atoms with Gasteiger partial charge >= 0.3 is 0 Å². The second-order valence-corrected chi connectivity index (χ2v) is 4.26. The first-order chi connectivity index (χ1) is 7.81. The summed E-state index contributed by atoms with van der Waals surface area (Å²) in [7, 11) is 0. The number of ether oxygens (including phenoxy) is 1. The third-order valence-electron chi connectivity index (χ3n) is 3.03. The van der Waals surface area contributed by atoms with Crippen molar-refractivity contribution >= 4 is 0 Å². The molecule has 2 heterocycles. The second-order valence-electron chi connectivity index (χ2n) is 4.26. The van der Waals surface area contributed by atoms with E-state index < -0.39 is 0 Å². The van der Waals surface area contributed by atoms with Gasteiger partial charge in [-0.05, 0) is 26.2 Å². The first kappa shape index (κ1) is 11.6. The van der Waals surface area contributed by atoms with Crippen molar-refractivity contribution in [1.29, 1.82) is 0 Å². The molecule has 1 aliphatic rings. The van der Waals surface area contributed by atoms with E-state index in [9.17, 15) is 0 Å². The van der Waals surface area contributed by atoms with Crippen LogP contribution in [0, 0.1) is 6.92 Å². The molecule has 1 N–H and O–H groups in total. The van der Waals surface area contributed by atoms with E-state index >= 15 is 0 Å². The van der Waals surface area contributed by atoms with E-state index in [2.05, 4.69) is 4.98 Å². The number of hydrogen-bond acceptors (Lipinski definition) is 4. The summed E-state index contributed by atoms with van der Waals surface area (Å²) in [4.78, 5) is 4.54. The monoisotopic (exact) mass is 225 g/mol. The molecular formula is C12H19NO3. The summed E-state index contributed by atoms with van der Waals surface area (Å²) in [6, 6.07) is 0. The number of nitrogens with zero attached hydrogens (tertiary/aromatic N) is 1. The lowest BCUT2D eigenvalue weighted by Crippen LogP contribution is -2.15. The van der Waals surface area contributed by atoms with Crippen molar-refractivity contribution in [3.63, 3.8) is 0 Å². The molecule has 0 aromatic carbocycles. The van der Waals surface area contributed by atoms with Crippen LogP contribution in [0.3, 0.4) is 0 Å². The topological polar surface area (TPSA) is 55.5 Å². The van der Waals surface area contributed by atoms with Crippen molar-refractivity contribution < 1.29 is 14.3 Å². The Hall–Kier alpha value is -0.870. The first-order valence-electron chi connectivity index (χ1n) is 5.96. The second kappa shape index (κ2) is 5.46. The van der Waals surface area contributed by atoms with Gasteiger partial charge in [0.05, 0.1) is 5.69 Å². The number of aliphatic hydroxyl groups excluding tert-OH is 1. The maximum Gasteiger partial charge on any atom is 0.194 e. The highest BCUT2D eigenvalue weighted by molar-refractivity contribution is 5.14. The van der Waals surface area contributed by atoms with Crippen molar-refractivity contribution in [2.45, 2.75) is 38.5 Å². The highest BCUT2D eigenvalue weighted by atomic mass is 16.5. The van der Waals surface area contributed by atoms with Gasteiger partial charge in [-0.1, -0.05) is 0 Å². The third kappa shape index (κ3) is 2.62. The molecule has 90 valence electrons. The molecule has 0 spiro atoms. The van der Waals surface area contributed by atoms with E-state index in [4.69, 9.17) is 14.3 Å². The van der Waals surface area contributed by atoms with Gasteiger partial charge in [-0.15, -0.1) is 0 Å². The van der Waals surface area contributed by atoms with E-state index in [0.29, 0.717) is 12.3 Å². The van der Waals surface area contributed by atoms with Crippen LogP contribution >= 0.6 is 0 Å². The smallest absolute Gasteiger partial charge is 0.194 e. The van der Waals surface area contributed by atoms with E-state index in [0.717, 1.165) is 49.8 Å². The Labute approximate surface area is 95.6 Å². The molecule has 4 nitrogen and oxygen atoms in total. The fraction of sp³-hybridized carbons (Fsp3) is 0.750. The van der Waals surface area contributed by atoms with Crippen molar-refractivity contribution in [2.24, 2.45) is 0 Å². The fourth-order valence-electron chi connectivity index (χ4n) is 2.15. The summed E-state index contributed by atoms with van der Waals surface area (Å²) in [6.45, 7) is 3.81. The Morgan fingerprint density at radius 3 is 2.81 bits per heavy atom. The first-order valence-corrected chi connectivity index (χ1v) is 5.96. The van der Waals surface area contributed by atoms with Crippen molar-refractivity contribution in [3.05, 3.63) is 17.3 Å². The standard InChI is InChI=1S/C12H19NO3/c1-9-12(10-4-7-15-8-5-10)13-11(16-9)3-2-6-14/h10,14H,2-8H2,1H3. The minimum absolute atomic E-state index is 0.189. The van der Waals surface area contributed by atoms with Gasteiger partial charge < -0.3 is 14.3 Å². The largest absolute Gasteiger partial charge is 0.446 e. The van der Waals surface area contributed by atoms with Gasteiger partial charge in [0.1, 0.15) is 5.76 Å². The van der Waals surface area contributed by atoms with Crippen molar-refractivity contribution in [2.75, 3.05) is 19.8 Å². The molecule has 0 radical (unpaired) electrons. The normalized spacial score (nSPS) is 17.9. The number of rotatable bonds is 4. The van der Waals surface area contributed by atoms with Crippen LogP contribution in [-0.4, -0.2) is 29.9 Å². The Morgan fingerprint density at radius 1 is 1.38 bits per heavy atom. The number of aryl methyl sites for hydroxylation is 2. The molecule has 1 aromatic rings. The summed E-state index contributed by atoms with van der Waals surface area (Å²) in [5.74, 6) is 2.17. The molecule has 0 unspecified atom stereocenters. The lowest BCUT2D eigenvalue weighted by Gasteiger charge is -2.20. The summed E-state index contributed by atoms with van der Waals surface area (Å²) < 4.78 is 10.9. The molecule has 0 bridgehead atoms. The zero-order valence-electron chi connectivity index (χ0n) is 9.74. The average molecular weight is 225 g/mol. The number of hydrogen-bond donors (Lipinski definition) is 1. The third-order valence-corrected chi connectivity index (χ3v) is 3.03. The van der Waals surface area contributed by atoms with Gasteiger partial charge in [0.2, 0.25) is 0 Å². The van der Waals surface area contributed by atoms with Crippen LogP contribution < -0.4 is 0 Å². The van der Waals surface area contributed by atoms with Gasteiger partial charge in [-0.2, -0.15) is 0 Å². The van der Waals surface area contributed by atoms with E-state index in [-0.39, 0.29) is 6.61 Å². The number of aliphatic hydroxyl groups is 1. The van der Waals surface area contributed by atoms with Gasteiger partial charge in [-0.25, -0.2) is 4.98 Å². The van der Waals surface area contributed by atoms with Crippen molar-refractivity contribution in [3.8, 4) is 0 Å². The molecule has 0 saturated carbocycles. The predicted octanol–water partition coefficient (Wildman–Crippen LogP) is 1.80. The Kier molecular flexibility index (Phi) is 3.96. The maximum atomic E-state index is 8.77. The summed E-state index contributed by atoms with van der Waals surface area (Å²) >= 11 is 0. The van der Waals surface area contributed by atoms with Crippen LogP contribution in [-0.2, 0) is 11.2 Å². The Bertz CT molecular complexity index is 329. The quantitative estimate of drug-likeness (QED) is 0.849. The molecule has 1 aliphatic heterocycles. The molecule has 0 amide bonds. The van der Waals surface area contributed by atoms with Crippen LogP contribution in [0.25, 0.3) is 0 Å². The fourth-order valence-corrected chi connectivity index (χ4v) is 2.15. The Morgan fingerprint density at radius 2 is 2.12 bits per heavy atom. The van der Waals surface area contributed by atoms with Crippen LogP contribution in [0.5, 0.6) is 0 Å². The lowest BCUT2D eigenvalue weighted by atomic mass is 9.96. The van der Waals surface area contributed by atoms with Crippen LogP contribution in [0.4, 0.5) is 0 Å². The minimum Gasteiger partial charge on any atom is -0.446 e. The van der Waals surface area contributed by atoms with Crippen LogP contribution in [0.15, 0.2) is 4.42 Å². The number of oxazole rings is 1. The summed E-state index contributed by atoms with van der Waals surface area (Å²) in [5.41, 5.74) is 1.09. The molecule has 4 heteroatoms.